The molecule has 2 aliphatic rings. The lowest BCUT2D eigenvalue weighted by Crippen LogP contribution is -2.33. The highest BCUT2D eigenvalue weighted by atomic mass is 35.5. The Morgan fingerprint density at radius 3 is 3.09 bits per heavy atom. The van der Waals surface area contributed by atoms with Crippen LogP contribution in [0.5, 0.6) is 0 Å². The predicted molar refractivity (Wildman–Crippen MR) is 138 cm³/mol. The van der Waals surface area contributed by atoms with Gasteiger partial charge in [0.05, 0.1) is 11.4 Å². The van der Waals surface area contributed by atoms with E-state index in [2.05, 4.69) is 19.9 Å². The number of nitrogens with two attached hydrogens (primary N) is 1. The Morgan fingerprint density at radius 1 is 1.43 bits per heavy atom. The molecule has 3 aromatic rings. The van der Waals surface area contributed by atoms with E-state index in [0.717, 1.165) is 78.8 Å². The molecule has 1 amide bonds. The molecule has 4 N–H and O–H groups in total. The second-order valence-electron chi connectivity index (χ2n) is 9.34. The fraction of sp³-hybridized carbons (Fsp3) is 0.440. The van der Waals surface area contributed by atoms with Crippen molar-refractivity contribution in [3.8, 4) is 0 Å². The number of aromatic amines is 1. The van der Waals surface area contributed by atoms with Gasteiger partial charge in [-0.25, -0.2) is 9.98 Å². The van der Waals surface area contributed by atoms with Crippen LogP contribution < -0.4 is 10.8 Å². The molecule has 3 heterocycles. The van der Waals surface area contributed by atoms with Gasteiger partial charge in [-0.2, -0.15) is 0 Å². The Kier molecular flexibility index (Phi) is 7.02. The van der Waals surface area contributed by atoms with Gasteiger partial charge in [0.15, 0.2) is 5.01 Å². The molecule has 10 heteroatoms. The van der Waals surface area contributed by atoms with Crippen molar-refractivity contribution in [3.05, 3.63) is 50.1 Å². The minimum atomic E-state index is -0.726. The molecule has 0 bridgehead atoms. The van der Waals surface area contributed by atoms with Gasteiger partial charge in [0.25, 0.3) is 0 Å². The summed E-state index contributed by atoms with van der Waals surface area (Å²) in [6.45, 7) is 3.17. The summed E-state index contributed by atoms with van der Waals surface area (Å²) < 4.78 is 0. The van der Waals surface area contributed by atoms with Crippen molar-refractivity contribution in [1.29, 1.82) is 5.41 Å². The highest BCUT2D eigenvalue weighted by molar-refractivity contribution is 7.13. The highest BCUT2D eigenvalue weighted by Crippen LogP contribution is 2.41. The fourth-order valence-corrected chi connectivity index (χ4v) is 6.57. The zero-order valence-corrected chi connectivity index (χ0v) is 20.9. The van der Waals surface area contributed by atoms with Crippen LogP contribution in [-0.4, -0.2) is 52.5 Å². The first-order valence-electron chi connectivity index (χ1n) is 12.0. The molecule has 1 fully saturated rings. The monoisotopic (exact) mass is 511 g/mol. The zero-order valence-electron chi connectivity index (χ0n) is 19.3. The van der Waals surface area contributed by atoms with E-state index in [4.69, 9.17) is 22.7 Å². The summed E-state index contributed by atoms with van der Waals surface area (Å²) in [7, 11) is 0. The second-order valence-corrected chi connectivity index (χ2v) is 10.9. The van der Waals surface area contributed by atoms with E-state index in [1.165, 1.54) is 11.3 Å². The molecule has 1 aliphatic heterocycles. The number of hydrogen-bond donors (Lipinski definition) is 3. The summed E-state index contributed by atoms with van der Waals surface area (Å²) in [6, 6.07) is 5.47. The summed E-state index contributed by atoms with van der Waals surface area (Å²) in [4.78, 5) is 28.2. The molecule has 0 saturated heterocycles. The number of H-pyrrole nitrogens is 1. The lowest BCUT2D eigenvalue weighted by atomic mass is 9.77. The Balaban J connectivity index is 1.31. The zero-order chi connectivity index (χ0) is 24.5. The third-order valence-corrected chi connectivity index (χ3v) is 8.30. The van der Waals surface area contributed by atoms with Gasteiger partial charge in [0, 0.05) is 65.5 Å². The molecule has 1 saturated carbocycles. The Bertz CT molecular complexity index is 1300. The van der Waals surface area contributed by atoms with E-state index in [1.807, 2.05) is 12.1 Å². The molecule has 2 aromatic heterocycles. The Morgan fingerprint density at radius 2 is 2.29 bits per heavy atom. The molecule has 1 aromatic carbocycles. The summed E-state index contributed by atoms with van der Waals surface area (Å²) >= 11 is 7.67. The van der Waals surface area contributed by atoms with Crippen LogP contribution in [0.1, 0.15) is 63.2 Å². The van der Waals surface area contributed by atoms with Gasteiger partial charge >= 0.3 is 5.91 Å². The van der Waals surface area contributed by atoms with E-state index in [1.54, 1.807) is 12.3 Å². The van der Waals surface area contributed by atoms with Crippen LogP contribution in [0, 0.1) is 11.3 Å². The minimum absolute atomic E-state index is 0.0903. The maximum atomic E-state index is 12.8. The van der Waals surface area contributed by atoms with Crippen molar-refractivity contribution in [3.63, 3.8) is 0 Å². The largest absolute Gasteiger partial charge is 0.858 e. The number of carbonyl (C=O) groups excluding carboxylic acids is 1. The van der Waals surface area contributed by atoms with Crippen molar-refractivity contribution in [2.75, 3.05) is 19.6 Å². The van der Waals surface area contributed by atoms with Gasteiger partial charge in [-0.1, -0.05) is 18.0 Å². The van der Waals surface area contributed by atoms with Crippen molar-refractivity contribution in [2.24, 2.45) is 16.6 Å². The van der Waals surface area contributed by atoms with E-state index in [0.29, 0.717) is 22.3 Å². The van der Waals surface area contributed by atoms with Crippen LogP contribution in [0.25, 0.3) is 10.9 Å². The average molecular weight is 512 g/mol. The minimum Gasteiger partial charge on any atom is -0.858 e. The third-order valence-electron chi connectivity index (χ3n) is 6.99. The summed E-state index contributed by atoms with van der Waals surface area (Å²) in [5, 5.41) is 21.8. The number of thiazole rings is 1. The summed E-state index contributed by atoms with van der Waals surface area (Å²) in [6.07, 6.45) is 6.16. The molecule has 1 aliphatic carbocycles. The van der Waals surface area contributed by atoms with E-state index >= 15 is 0 Å². The molecule has 0 spiro atoms. The first-order chi connectivity index (χ1) is 16.9. The van der Waals surface area contributed by atoms with Crippen molar-refractivity contribution < 1.29 is 9.90 Å². The van der Waals surface area contributed by atoms with Gasteiger partial charge in [0.2, 0.25) is 0 Å². The molecule has 2 unspecified atom stereocenters. The predicted octanol–water partition coefficient (Wildman–Crippen LogP) is 3.47. The van der Waals surface area contributed by atoms with Gasteiger partial charge in [-0.05, 0) is 54.9 Å². The number of carbonyl (C=O) groups is 1. The van der Waals surface area contributed by atoms with Crippen molar-refractivity contribution >= 4 is 51.9 Å². The number of aliphatic imine (C=N–C) groups is 1. The van der Waals surface area contributed by atoms with Crippen molar-refractivity contribution in [1.82, 2.24) is 14.9 Å². The highest BCUT2D eigenvalue weighted by Gasteiger charge is 2.28. The van der Waals surface area contributed by atoms with E-state index in [9.17, 15) is 9.90 Å². The molecule has 35 heavy (non-hydrogen) atoms. The van der Waals surface area contributed by atoms with Crippen LogP contribution in [0.3, 0.4) is 0 Å². The maximum absolute atomic E-state index is 12.8. The molecule has 5 rings (SSSR count). The Labute approximate surface area is 212 Å². The molecular formula is C25H28ClN6O2S-. The van der Waals surface area contributed by atoms with Gasteiger partial charge in [-0.3, -0.25) is 9.69 Å². The molecule has 8 nitrogen and oxygen atoms in total. The standard InChI is InChI=1S/C25H29ClN6O2S/c26-16-4-5-18-17(11-16)21(22(30-18)23(28)33)15-3-1-2-14(10-15)12-29-24(34)25-31-19-6-8-32(9-7-27)13-20(19)35-25/h4-5,11-12,14-15,30H,1-3,6-10,13,27H2,(H2,28,33)/p-1. The first kappa shape index (κ1) is 24.1. The quantitative estimate of drug-likeness (QED) is 0.344. The number of nitrogens with zero attached hydrogens (tertiary/aromatic N) is 3. The fourth-order valence-electron chi connectivity index (χ4n) is 5.35. The smallest absolute Gasteiger partial charge is 0.305 e. The SMILES string of the molecule is N=C([O-])c1[nH]c2ccc(Cl)cc2c1C1CCCC(C=NC(=O)c2nc3c(s2)CN(CCN)CC3)C1. The molecule has 184 valence electrons. The summed E-state index contributed by atoms with van der Waals surface area (Å²) in [5.74, 6) is -0.813. The summed E-state index contributed by atoms with van der Waals surface area (Å²) in [5.41, 5.74) is 8.69. The average Bonchev–Trinajstić information content (AvgIpc) is 3.44. The number of benzene rings is 1. The Hall–Kier alpha value is -2.59. The number of hydrogen-bond acceptors (Lipinski definition) is 7. The maximum Gasteiger partial charge on any atom is 0.305 e. The third kappa shape index (κ3) is 5.04. The van der Waals surface area contributed by atoms with Crippen LogP contribution in [0.4, 0.5) is 0 Å². The van der Waals surface area contributed by atoms with Crippen LogP contribution in [-0.2, 0) is 13.0 Å². The van der Waals surface area contributed by atoms with Crippen LogP contribution in [0.2, 0.25) is 5.02 Å². The lowest BCUT2D eigenvalue weighted by Gasteiger charge is -2.28. The van der Waals surface area contributed by atoms with E-state index < -0.39 is 5.90 Å². The number of halogens is 1. The normalized spacial score (nSPS) is 21.0. The number of rotatable bonds is 6. The molecule has 0 radical (unpaired) electrons. The number of nitrogens with one attached hydrogen (secondary N) is 2. The van der Waals surface area contributed by atoms with E-state index in [-0.39, 0.29) is 17.7 Å². The van der Waals surface area contributed by atoms with Gasteiger partial charge in [0.1, 0.15) is 0 Å². The number of aromatic nitrogens is 2. The number of fused-ring (bicyclic) bond motifs is 2. The topological polar surface area (TPSA) is 134 Å². The molecular weight excluding hydrogens is 484 g/mol. The van der Waals surface area contributed by atoms with Gasteiger partial charge < -0.3 is 21.2 Å². The number of amides is 1. The molecule has 2 atom stereocenters. The van der Waals surface area contributed by atoms with Crippen LogP contribution >= 0.6 is 22.9 Å². The second kappa shape index (κ2) is 10.2. The van der Waals surface area contributed by atoms with Crippen molar-refractivity contribution in [2.45, 2.75) is 44.6 Å². The van der Waals surface area contributed by atoms with Crippen LogP contribution in [0.15, 0.2) is 23.2 Å². The van der Waals surface area contributed by atoms with Gasteiger partial charge in [-0.15, -0.1) is 11.3 Å². The lowest BCUT2D eigenvalue weighted by molar-refractivity contribution is -0.215. The first-order valence-corrected chi connectivity index (χ1v) is 13.2.